The molecule has 0 unspecified atom stereocenters. The van der Waals surface area contributed by atoms with Gasteiger partial charge in [0, 0.05) is 28.2 Å². The zero-order valence-electron chi connectivity index (χ0n) is 11.1. The monoisotopic (exact) mass is 370 g/mol. The largest absolute Gasteiger partial charge is 0.495 e. The molecule has 2 aromatic carbocycles. The molecule has 110 valence electrons. The Balaban J connectivity index is 2.22. The molecule has 0 saturated heterocycles. The molecule has 2 rings (SSSR count). The third kappa shape index (κ3) is 3.86. The van der Waals surface area contributed by atoms with Crippen molar-refractivity contribution in [2.75, 3.05) is 12.4 Å². The summed E-state index contributed by atoms with van der Waals surface area (Å²) in [7, 11) is 1.51. The highest BCUT2D eigenvalue weighted by molar-refractivity contribution is 9.10. The van der Waals surface area contributed by atoms with Gasteiger partial charge < -0.3 is 10.1 Å². The van der Waals surface area contributed by atoms with Gasteiger partial charge in [-0.25, -0.2) is 0 Å². The minimum absolute atomic E-state index is 0.000188. The summed E-state index contributed by atoms with van der Waals surface area (Å²) in [5.74, 6) is 0.536. The second-order valence-corrected chi connectivity index (χ2v) is 5.55. The average Bonchev–Trinajstić information content (AvgIpc) is 2.46. The average molecular weight is 372 g/mol. The number of nitro groups is 1. The van der Waals surface area contributed by atoms with Gasteiger partial charge in [-0.15, -0.1) is 0 Å². The molecule has 0 atom stereocenters. The SMILES string of the molecule is COc1ccc([N+](=O)[O-])cc1NCc1ccc(Br)cc1Cl. The Kier molecular flexibility index (Phi) is 5.03. The first-order valence-corrected chi connectivity index (χ1v) is 7.18. The lowest BCUT2D eigenvalue weighted by atomic mass is 10.2. The summed E-state index contributed by atoms with van der Waals surface area (Å²) in [6, 6.07) is 9.95. The number of hydrogen-bond donors (Lipinski definition) is 1. The zero-order valence-corrected chi connectivity index (χ0v) is 13.4. The van der Waals surface area contributed by atoms with Gasteiger partial charge in [0.15, 0.2) is 0 Å². The van der Waals surface area contributed by atoms with Crippen LogP contribution in [0.25, 0.3) is 0 Å². The molecule has 5 nitrogen and oxygen atoms in total. The third-order valence-electron chi connectivity index (χ3n) is 2.88. The molecule has 0 radical (unpaired) electrons. The topological polar surface area (TPSA) is 64.4 Å². The molecule has 1 N–H and O–H groups in total. The second kappa shape index (κ2) is 6.78. The Bertz CT molecular complexity index is 679. The number of anilines is 1. The van der Waals surface area contributed by atoms with E-state index in [1.807, 2.05) is 12.1 Å². The maximum atomic E-state index is 10.8. The molecule has 0 fully saturated rings. The van der Waals surface area contributed by atoms with E-state index in [0.717, 1.165) is 10.0 Å². The van der Waals surface area contributed by atoms with E-state index in [0.29, 0.717) is 23.0 Å². The Morgan fingerprint density at radius 1 is 1.33 bits per heavy atom. The summed E-state index contributed by atoms with van der Waals surface area (Å²) < 4.78 is 6.09. The van der Waals surface area contributed by atoms with Gasteiger partial charge in [-0.1, -0.05) is 33.6 Å². The van der Waals surface area contributed by atoms with Crippen molar-refractivity contribution < 1.29 is 9.66 Å². The molecular weight excluding hydrogens is 360 g/mol. The molecule has 0 saturated carbocycles. The summed E-state index contributed by atoms with van der Waals surface area (Å²) in [5, 5.41) is 14.5. The Hall–Kier alpha value is -1.79. The van der Waals surface area contributed by atoms with Crippen LogP contribution >= 0.6 is 27.5 Å². The van der Waals surface area contributed by atoms with E-state index in [1.54, 1.807) is 12.1 Å². The fourth-order valence-electron chi connectivity index (χ4n) is 1.80. The van der Waals surface area contributed by atoms with Crippen LogP contribution in [0.4, 0.5) is 11.4 Å². The van der Waals surface area contributed by atoms with Crippen molar-refractivity contribution in [1.29, 1.82) is 0 Å². The molecular formula is C14H12BrClN2O3. The van der Waals surface area contributed by atoms with Crippen molar-refractivity contribution in [2.24, 2.45) is 0 Å². The van der Waals surface area contributed by atoms with Crippen molar-refractivity contribution in [3.8, 4) is 5.75 Å². The van der Waals surface area contributed by atoms with Gasteiger partial charge in [0.05, 0.1) is 17.7 Å². The van der Waals surface area contributed by atoms with Crippen LogP contribution < -0.4 is 10.1 Å². The van der Waals surface area contributed by atoms with Crippen LogP contribution in [0.5, 0.6) is 5.75 Å². The van der Waals surface area contributed by atoms with Crippen LogP contribution in [0.2, 0.25) is 5.02 Å². The van der Waals surface area contributed by atoms with Gasteiger partial charge >= 0.3 is 0 Å². The van der Waals surface area contributed by atoms with Gasteiger partial charge in [0.1, 0.15) is 5.75 Å². The number of rotatable bonds is 5. The first kappa shape index (κ1) is 15.6. The van der Waals surface area contributed by atoms with E-state index in [1.165, 1.54) is 19.2 Å². The number of benzene rings is 2. The highest BCUT2D eigenvalue weighted by atomic mass is 79.9. The van der Waals surface area contributed by atoms with Crippen LogP contribution in [0, 0.1) is 10.1 Å². The Labute approximate surface area is 135 Å². The highest BCUT2D eigenvalue weighted by Crippen LogP contribution is 2.30. The number of non-ortho nitro benzene ring substituents is 1. The van der Waals surface area contributed by atoms with Gasteiger partial charge in [0.2, 0.25) is 0 Å². The fraction of sp³-hybridized carbons (Fsp3) is 0.143. The van der Waals surface area contributed by atoms with Gasteiger partial charge in [-0.3, -0.25) is 10.1 Å². The quantitative estimate of drug-likeness (QED) is 0.614. The van der Waals surface area contributed by atoms with Gasteiger partial charge in [-0.2, -0.15) is 0 Å². The highest BCUT2D eigenvalue weighted by Gasteiger charge is 2.11. The van der Waals surface area contributed by atoms with Crippen molar-refractivity contribution in [3.63, 3.8) is 0 Å². The van der Waals surface area contributed by atoms with Crippen molar-refractivity contribution in [1.82, 2.24) is 0 Å². The van der Waals surface area contributed by atoms with Crippen LogP contribution in [0.3, 0.4) is 0 Å². The summed E-state index contributed by atoms with van der Waals surface area (Å²) in [6.45, 7) is 0.434. The van der Waals surface area contributed by atoms with Crippen molar-refractivity contribution >= 4 is 38.9 Å². The normalized spacial score (nSPS) is 10.2. The number of ether oxygens (including phenoxy) is 1. The van der Waals surface area contributed by atoms with Gasteiger partial charge in [0.25, 0.3) is 5.69 Å². The predicted molar refractivity (Wildman–Crippen MR) is 86.1 cm³/mol. The zero-order chi connectivity index (χ0) is 15.4. The summed E-state index contributed by atoms with van der Waals surface area (Å²) in [5.41, 5.74) is 1.43. The van der Waals surface area contributed by atoms with E-state index in [9.17, 15) is 10.1 Å². The van der Waals surface area contributed by atoms with Gasteiger partial charge in [-0.05, 0) is 23.8 Å². The van der Waals surface area contributed by atoms with E-state index in [2.05, 4.69) is 21.2 Å². The second-order valence-electron chi connectivity index (χ2n) is 4.23. The maximum Gasteiger partial charge on any atom is 0.271 e. The predicted octanol–water partition coefficient (Wildman–Crippen LogP) is 4.63. The van der Waals surface area contributed by atoms with E-state index in [-0.39, 0.29) is 5.69 Å². The van der Waals surface area contributed by atoms with Crippen LogP contribution in [-0.4, -0.2) is 12.0 Å². The Morgan fingerprint density at radius 3 is 2.71 bits per heavy atom. The molecule has 7 heteroatoms. The summed E-state index contributed by atoms with van der Waals surface area (Å²) >= 11 is 9.48. The molecule has 0 aliphatic rings. The van der Waals surface area contributed by atoms with E-state index >= 15 is 0 Å². The van der Waals surface area contributed by atoms with E-state index < -0.39 is 4.92 Å². The molecule has 0 spiro atoms. The standard InChI is InChI=1S/C14H12BrClN2O3/c1-21-14-5-4-11(18(19)20)7-13(14)17-8-9-2-3-10(15)6-12(9)16/h2-7,17H,8H2,1H3. The smallest absolute Gasteiger partial charge is 0.271 e. The van der Waals surface area contributed by atoms with Crippen LogP contribution in [0.1, 0.15) is 5.56 Å². The van der Waals surface area contributed by atoms with Crippen LogP contribution in [-0.2, 0) is 6.54 Å². The lowest BCUT2D eigenvalue weighted by molar-refractivity contribution is -0.384. The number of halogens is 2. The first-order valence-electron chi connectivity index (χ1n) is 6.01. The van der Waals surface area contributed by atoms with Crippen molar-refractivity contribution in [2.45, 2.75) is 6.54 Å². The summed E-state index contributed by atoms with van der Waals surface area (Å²) in [6.07, 6.45) is 0. The first-order chi connectivity index (χ1) is 10.0. The molecule has 0 heterocycles. The number of nitrogens with one attached hydrogen (secondary N) is 1. The fourth-order valence-corrected chi connectivity index (χ4v) is 2.54. The number of hydrogen-bond acceptors (Lipinski definition) is 4. The van der Waals surface area contributed by atoms with E-state index in [4.69, 9.17) is 16.3 Å². The minimum atomic E-state index is -0.447. The molecule has 0 bridgehead atoms. The number of nitrogens with zero attached hydrogens (tertiary/aromatic N) is 1. The molecule has 0 amide bonds. The minimum Gasteiger partial charge on any atom is -0.495 e. The lowest BCUT2D eigenvalue weighted by Crippen LogP contribution is -2.02. The molecule has 0 aliphatic carbocycles. The van der Waals surface area contributed by atoms with Crippen molar-refractivity contribution in [3.05, 3.63) is 61.6 Å². The number of nitro benzene ring substituents is 1. The lowest BCUT2D eigenvalue weighted by Gasteiger charge is -2.12. The summed E-state index contributed by atoms with van der Waals surface area (Å²) in [4.78, 5) is 10.4. The third-order valence-corrected chi connectivity index (χ3v) is 3.72. The molecule has 0 aromatic heterocycles. The maximum absolute atomic E-state index is 10.8. The molecule has 0 aliphatic heterocycles. The Morgan fingerprint density at radius 2 is 2.10 bits per heavy atom. The molecule has 21 heavy (non-hydrogen) atoms. The number of methoxy groups -OCH3 is 1. The van der Waals surface area contributed by atoms with Crippen LogP contribution in [0.15, 0.2) is 40.9 Å². The molecule has 2 aromatic rings.